The summed E-state index contributed by atoms with van der Waals surface area (Å²) in [5.41, 5.74) is 0. The maximum absolute atomic E-state index is 11.7. The van der Waals surface area contributed by atoms with Gasteiger partial charge in [-0.05, 0) is 19.9 Å². The normalized spacial score (nSPS) is 11.5. The summed E-state index contributed by atoms with van der Waals surface area (Å²) in [6.07, 6.45) is 15.8. The van der Waals surface area contributed by atoms with Gasteiger partial charge in [-0.15, -0.1) is 0 Å². The maximum Gasteiger partial charge on any atom is 0.223 e. The van der Waals surface area contributed by atoms with E-state index in [-0.39, 0.29) is 11.8 Å². The molecule has 5 heteroatoms. The molecular formula is C21H39N3O2. The Kier molecular flexibility index (Phi) is 17.0. The number of likely N-dealkylation sites (N-methyl/N-ethyl adjacent to an activating group) is 1. The van der Waals surface area contributed by atoms with Crippen LogP contribution in [0, 0.1) is 0 Å². The van der Waals surface area contributed by atoms with Crippen molar-refractivity contribution in [3.8, 4) is 0 Å². The van der Waals surface area contributed by atoms with E-state index in [2.05, 4.69) is 41.5 Å². The lowest BCUT2D eigenvalue weighted by Crippen LogP contribution is -2.37. The monoisotopic (exact) mass is 365 g/mol. The predicted octanol–water partition coefficient (Wildman–Crippen LogP) is 3.42. The summed E-state index contributed by atoms with van der Waals surface area (Å²) >= 11 is 0. The standard InChI is InChI=1S/C21H39N3O2/c1-4-6-8-10-12-14-20(25)22-16-18-24(3)19-17-23-21(26)15-13-11-9-7-5-2/h10-13H,4-9,14-19H2,1-3H3,(H,22,25)(H,23,26)/b12-10+,13-11+. The number of unbranched alkanes of at least 4 members (excludes halogenated alkanes) is 4. The molecule has 0 aromatic heterocycles. The van der Waals surface area contributed by atoms with Gasteiger partial charge in [0.25, 0.3) is 0 Å². The second-order valence-electron chi connectivity index (χ2n) is 6.64. The van der Waals surface area contributed by atoms with E-state index in [9.17, 15) is 9.59 Å². The summed E-state index contributed by atoms with van der Waals surface area (Å²) in [6, 6.07) is 0. The van der Waals surface area contributed by atoms with Crippen molar-refractivity contribution in [2.45, 2.75) is 65.2 Å². The number of allylic oxidation sites excluding steroid dienone is 2. The molecule has 0 aromatic carbocycles. The van der Waals surface area contributed by atoms with Gasteiger partial charge in [-0.1, -0.05) is 63.8 Å². The van der Waals surface area contributed by atoms with Crippen molar-refractivity contribution in [2.75, 3.05) is 33.2 Å². The molecule has 150 valence electrons. The minimum Gasteiger partial charge on any atom is -0.355 e. The molecule has 0 spiro atoms. The van der Waals surface area contributed by atoms with Crippen molar-refractivity contribution in [2.24, 2.45) is 0 Å². The number of hydrogen-bond donors (Lipinski definition) is 2. The van der Waals surface area contributed by atoms with E-state index in [0.29, 0.717) is 25.9 Å². The summed E-state index contributed by atoms with van der Waals surface area (Å²) in [6.45, 7) is 7.14. The van der Waals surface area contributed by atoms with E-state index >= 15 is 0 Å². The summed E-state index contributed by atoms with van der Waals surface area (Å²) in [4.78, 5) is 25.5. The Morgan fingerprint density at radius 1 is 0.769 bits per heavy atom. The van der Waals surface area contributed by atoms with E-state index in [1.54, 1.807) is 0 Å². The van der Waals surface area contributed by atoms with Crippen molar-refractivity contribution in [1.29, 1.82) is 0 Å². The Morgan fingerprint density at radius 3 is 1.58 bits per heavy atom. The molecule has 2 N–H and O–H groups in total. The van der Waals surface area contributed by atoms with Crippen LogP contribution in [0.1, 0.15) is 65.2 Å². The highest BCUT2D eigenvalue weighted by atomic mass is 16.2. The highest BCUT2D eigenvalue weighted by Gasteiger charge is 2.02. The summed E-state index contributed by atoms with van der Waals surface area (Å²) in [5.74, 6) is 0.128. The Labute approximate surface area is 160 Å². The molecule has 0 aliphatic rings. The highest BCUT2D eigenvalue weighted by Crippen LogP contribution is 1.97. The largest absolute Gasteiger partial charge is 0.355 e. The molecule has 0 aliphatic heterocycles. The Balaban J connectivity index is 3.60. The molecule has 0 aliphatic carbocycles. The third-order valence-corrected chi connectivity index (χ3v) is 4.02. The lowest BCUT2D eigenvalue weighted by atomic mass is 10.2. The molecule has 0 rings (SSSR count). The van der Waals surface area contributed by atoms with Crippen molar-refractivity contribution in [3.05, 3.63) is 24.3 Å². The molecule has 0 atom stereocenters. The molecule has 0 unspecified atom stereocenters. The van der Waals surface area contributed by atoms with Gasteiger partial charge < -0.3 is 15.5 Å². The first-order valence-corrected chi connectivity index (χ1v) is 10.1. The summed E-state index contributed by atoms with van der Waals surface area (Å²) in [5, 5.41) is 5.84. The molecule has 0 bridgehead atoms. The molecule has 0 aromatic rings. The average Bonchev–Trinajstić information content (AvgIpc) is 2.61. The number of carbonyl (C=O) groups is 2. The smallest absolute Gasteiger partial charge is 0.223 e. The minimum atomic E-state index is 0.0642. The van der Waals surface area contributed by atoms with Crippen LogP contribution in [0.15, 0.2) is 24.3 Å². The van der Waals surface area contributed by atoms with Gasteiger partial charge in [0.2, 0.25) is 11.8 Å². The van der Waals surface area contributed by atoms with Crippen LogP contribution in [0.5, 0.6) is 0 Å². The predicted molar refractivity (Wildman–Crippen MR) is 110 cm³/mol. The van der Waals surface area contributed by atoms with Gasteiger partial charge in [-0.25, -0.2) is 0 Å². The molecule has 0 saturated heterocycles. The lowest BCUT2D eigenvalue weighted by Gasteiger charge is -2.17. The molecule has 26 heavy (non-hydrogen) atoms. The van der Waals surface area contributed by atoms with Gasteiger partial charge in [-0.2, -0.15) is 0 Å². The van der Waals surface area contributed by atoms with Crippen molar-refractivity contribution >= 4 is 11.8 Å². The third kappa shape index (κ3) is 17.2. The summed E-state index contributed by atoms with van der Waals surface area (Å²) < 4.78 is 0. The lowest BCUT2D eigenvalue weighted by molar-refractivity contribution is -0.120. The number of amides is 2. The van der Waals surface area contributed by atoms with Crippen LogP contribution in [0.3, 0.4) is 0 Å². The number of carbonyl (C=O) groups excluding carboxylic acids is 2. The van der Waals surface area contributed by atoms with E-state index in [1.807, 2.05) is 19.2 Å². The molecule has 0 fully saturated rings. The van der Waals surface area contributed by atoms with Crippen molar-refractivity contribution in [3.63, 3.8) is 0 Å². The van der Waals surface area contributed by atoms with E-state index in [1.165, 1.54) is 25.7 Å². The fourth-order valence-corrected chi connectivity index (χ4v) is 2.29. The molecule has 0 saturated carbocycles. The van der Waals surface area contributed by atoms with E-state index in [0.717, 1.165) is 25.9 Å². The zero-order chi connectivity index (χ0) is 19.5. The van der Waals surface area contributed by atoms with Crippen molar-refractivity contribution in [1.82, 2.24) is 15.5 Å². The fourth-order valence-electron chi connectivity index (χ4n) is 2.29. The first-order valence-electron chi connectivity index (χ1n) is 10.1. The van der Waals surface area contributed by atoms with Crippen LogP contribution in [0.4, 0.5) is 0 Å². The quantitative estimate of drug-likeness (QED) is 0.325. The van der Waals surface area contributed by atoms with Crippen molar-refractivity contribution < 1.29 is 9.59 Å². The van der Waals surface area contributed by atoms with Gasteiger partial charge >= 0.3 is 0 Å². The number of rotatable bonds is 16. The molecule has 5 nitrogen and oxygen atoms in total. The molecule has 2 amide bonds. The minimum absolute atomic E-state index is 0.0642. The fraction of sp³-hybridized carbons (Fsp3) is 0.714. The second kappa shape index (κ2) is 18.2. The molecule has 0 heterocycles. The number of nitrogens with zero attached hydrogens (tertiary/aromatic N) is 1. The SMILES string of the molecule is CCCC/C=C/CC(=O)NCCN(C)CCNC(=O)C/C=C/CCCC. The van der Waals surface area contributed by atoms with Gasteiger partial charge in [0.05, 0.1) is 0 Å². The highest BCUT2D eigenvalue weighted by molar-refractivity contribution is 5.77. The van der Waals surface area contributed by atoms with Crippen LogP contribution in [-0.2, 0) is 9.59 Å². The number of nitrogens with one attached hydrogen (secondary N) is 2. The Bertz CT molecular complexity index is 381. The third-order valence-electron chi connectivity index (χ3n) is 4.02. The van der Waals surface area contributed by atoms with Gasteiger partial charge in [0, 0.05) is 39.0 Å². The number of hydrogen-bond acceptors (Lipinski definition) is 3. The topological polar surface area (TPSA) is 61.4 Å². The van der Waals surface area contributed by atoms with Gasteiger partial charge in [-0.3, -0.25) is 9.59 Å². The second-order valence-corrected chi connectivity index (χ2v) is 6.64. The Hall–Kier alpha value is -1.62. The van der Waals surface area contributed by atoms with Crippen LogP contribution >= 0.6 is 0 Å². The van der Waals surface area contributed by atoms with E-state index in [4.69, 9.17) is 0 Å². The zero-order valence-electron chi connectivity index (χ0n) is 17.1. The Morgan fingerprint density at radius 2 is 1.19 bits per heavy atom. The van der Waals surface area contributed by atoms with Crippen LogP contribution in [0.2, 0.25) is 0 Å². The average molecular weight is 366 g/mol. The summed E-state index contributed by atoms with van der Waals surface area (Å²) in [7, 11) is 1.99. The van der Waals surface area contributed by atoms with E-state index < -0.39 is 0 Å². The van der Waals surface area contributed by atoms with Crippen LogP contribution in [-0.4, -0.2) is 49.9 Å². The molecule has 0 radical (unpaired) electrons. The molecular weight excluding hydrogens is 326 g/mol. The first-order chi connectivity index (χ1) is 12.6. The van der Waals surface area contributed by atoms with Gasteiger partial charge in [0.1, 0.15) is 0 Å². The van der Waals surface area contributed by atoms with Crippen LogP contribution in [0.25, 0.3) is 0 Å². The first kappa shape index (κ1) is 24.4. The zero-order valence-corrected chi connectivity index (χ0v) is 17.1. The van der Waals surface area contributed by atoms with Crippen LogP contribution < -0.4 is 10.6 Å². The van der Waals surface area contributed by atoms with Gasteiger partial charge in [0.15, 0.2) is 0 Å². The maximum atomic E-state index is 11.7.